The minimum absolute atomic E-state index is 0.167. The third-order valence-electron chi connectivity index (χ3n) is 3.37. The number of benzene rings is 1. The topological polar surface area (TPSA) is 69.8 Å². The lowest BCUT2D eigenvalue weighted by Crippen LogP contribution is -2.48. The van der Waals surface area contributed by atoms with Gasteiger partial charge < -0.3 is 10.0 Å². The molecule has 0 spiro atoms. The van der Waals surface area contributed by atoms with Crippen LogP contribution in [-0.4, -0.2) is 53.8 Å². The molecule has 0 bridgehead atoms. The van der Waals surface area contributed by atoms with Gasteiger partial charge in [0.2, 0.25) is 0 Å². The molecule has 1 N–H and O–H groups in total. The van der Waals surface area contributed by atoms with E-state index in [-0.39, 0.29) is 16.7 Å². The minimum atomic E-state index is -0.339. The number of anilines is 1. The fraction of sp³-hybridized carbons (Fsp3) is 0.538. The maximum absolute atomic E-state index is 11.2. The maximum Gasteiger partial charge on any atom is 0.293 e. The van der Waals surface area contributed by atoms with Crippen LogP contribution in [0.4, 0.5) is 11.4 Å². The lowest BCUT2D eigenvalue weighted by atomic mass is 10.2. The maximum atomic E-state index is 11.2. The number of rotatable bonds is 4. The van der Waals surface area contributed by atoms with Crippen LogP contribution < -0.4 is 4.90 Å². The Morgan fingerprint density at radius 2 is 2.05 bits per heavy atom. The molecule has 0 aromatic heterocycles. The Hall–Kier alpha value is -0.930. The molecular weight excluding hydrogens is 373 g/mol. The van der Waals surface area contributed by atoms with Crippen molar-refractivity contribution in [2.45, 2.75) is 13.0 Å². The highest BCUT2D eigenvalue weighted by atomic mass is 127. The summed E-state index contributed by atoms with van der Waals surface area (Å²) in [6, 6.07) is 5.33. The standard InChI is InChI=1S/C13H18IN3O3/c1-10(18)9-15-4-6-16(7-5-15)12-3-2-11(14)8-13(12)17(19)20/h2-3,8,10,18H,4-7,9H2,1H3/t10-/m1/s1. The van der Waals surface area contributed by atoms with Crippen LogP contribution in [0.2, 0.25) is 0 Å². The number of β-amino-alcohol motifs (C(OH)–C–C–N with tert-alkyl or cyclic N) is 1. The van der Waals surface area contributed by atoms with Gasteiger partial charge in [-0.15, -0.1) is 0 Å². The van der Waals surface area contributed by atoms with Crippen LogP contribution >= 0.6 is 22.6 Å². The molecule has 1 aromatic rings. The summed E-state index contributed by atoms with van der Waals surface area (Å²) in [5.41, 5.74) is 0.855. The van der Waals surface area contributed by atoms with Crippen molar-refractivity contribution in [1.29, 1.82) is 0 Å². The van der Waals surface area contributed by atoms with Gasteiger partial charge in [-0.1, -0.05) is 0 Å². The summed E-state index contributed by atoms with van der Waals surface area (Å²) in [7, 11) is 0. The molecule has 6 nitrogen and oxygen atoms in total. The van der Waals surface area contributed by atoms with Crippen molar-refractivity contribution in [2.75, 3.05) is 37.6 Å². The summed E-state index contributed by atoms with van der Waals surface area (Å²) in [5, 5.41) is 20.5. The monoisotopic (exact) mass is 391 g/mol. The van der Waals surface area contributed by atoms with E-state index < -0.39 is 0 Å². The van der Waals surface area contributed by atoms with E-state index in [9.17, 15) is 15.2 Å². The normalized spacial score (nSPS) is 18.1. The lowest BCUT2D eigenvalue weighted by molar-refractivity contribution is -0.384. The van der Waals surface area contributed by atoms with E-state index >= 15 is 0 Å². The second-order valence-corrected chi connectivity index (χ2v) is 6.27. The summed E-state index contributed by atoms with van der Waals surface area (Å²) in [5.74, 6) is 0. The zero-order valence-electron chi connectivity index (χ0n) is 11.3. The van der Waals surface area contributed by atoms with Gasteiger partial charge in [0.25, 0.3) is 5.69 Å². The molecule has 0 saturated carbocycles. The van der Waals surface area contributed by atoms with E-state index in [1.165, 1.54) is 0 Å². The first-order valence-corrected chi connectivity index (χ1v) is 7.64. The lowest BCUT2D eigenvalue weighted by Gasteiger charge is -2.36. The van der Waals surface area contributed by atoms with E-state index in [1.807, 2.05) is 17.0 Å². The Morgan fingerprint density at radius 3 is 2.60 bits per heavy atom. The van der Waals surface area contributed by atoms with E-state index in [2.05, 4.69) is 27.5 Å². The highest BCUT2D eigenvalue weighted by molar-refractivity contribution is 14.1. The van der Waals surface area contributed by atoms with Gasteiger partial charge in [-0.2, -0.15) is 0 Å². The Labute approximate surface area is 131 Å². The second kappa shape index (κ2) is 6.68. The predicted molar refractivity (Wildman–Crippen MR) is 86.1 cm³/mol. The van der Waals surface area contributed by atoms with Gasteiger partial charge >= 0.3 is 0 Å². The third-order valence-corrected chi connectivity index (χ3v) is 4.04. The predicted octanol–water partition coefficient (Wildman–Crippen LogP) is 1.70. The molecule has 110 valence electrons. The molecule has 1 saturated heterocycles. The van der Waals surface area contributed by atoms with Gasteiger partial charge in [0, 0.05) is 42.4 Å². The third kappa shape index (κ3) is 3.80. The van der Waals surface area contributed by atoms with Crippen LogP contribution in [0.3, 0.4) is 0 Å². The summed E-state index contributed by atoms with van der Waals surface area (Å²) in [4.78, 5) is 15.1. The Kier molecular flexibility index (Phi) is 5.17. The molecule has 0 unspecified atom stereocenters. The number of halogens is 1. The number of aliphatic hydroxyl groups excluding tert-OH is 1. The van der Waals surface area contributed by atoms with Crippen LogP contribution in [0, 0.1) is 13.7 Å². The van der Waals surface area contributed by atoms with Gasteiger partial charge in [-0.25, -0.2) is 0 Å². The molecule has 0 radical (unpaired) electrons. The quantitative estimate of drug-likeness (QED) is 0.481. The van der Waals surface area contributed by atoms with Crippen LogP contribution in [0.25, 0.3) is 0 Å². The highest BCUT2D eigenvalue weighted by Gasteiger charge is 2.24. The molecule has 1 aliphatic rings. The van der Waals surface area contributed by atoms with Crippen LogP contribution in [0.15, 0.2) is 18.2 Å². The first-order valence-electron chi connectivity index (χ1n) is 6.56. The Bertz CT molecular complexity index is 488. The average molecular weight is 391 g/mol. The zero-order valence-corrected chi connectivity index (χ0v) is 13.5. The number of piperazine rings is 1. The molecule has 20 heavy (non-hydrogen) atoms. The van der Waals surface area contributed by atoms with E-state index in [1.54, 1.807) is 13.0 Å². The number of nitro benzene ring substituents is 1. The summed E-state index contributed by atoms with van der Waals surface area (Å²) >= 11 is 2.08. The van der Waals surface area contributed by atoms with Crippen molar-refractivity contribution in [2.24, 2.45) is 0 Å². The van der Waals surface area contributed by atoms with Crippen molar-refractivity contribution in [3.63, 3.8) is 0 Å². The fourth-order valence-electron chi connectivity index (χ4n) is 2.46. The average Bonchev–Trinajstić information content (AvgIpc) is 2.39. The summed E-state index contributed by atoms with van der Waals surface area (Å²) < 4.78 is 0.866. The molecule has 7 heteroatoms. The molecular formula is C13H18IN3O3. The van der Waals surface area contributed by atoms with Crippen LogP contribution in [0.5, 0.6) is 0 Å². The summed E-state index contributed by atoms with van der Waals surface area (Å²) in [6.45, 7) is 5.54. The number of hydrogen-bond donors (Lipinski definition) is 1. The first kappa shape index (κ1) is 15.5. The van der Waals surface area contributed by atoms with Gasteiger partial charge in [-0.3, -0.25) is 15.0 Å². The smallest absolute Gasteiger partial charge is 0.293 e. The highest BCUT2D eigenvalue weighted by Crippen LogP contribution is 2.30. The van der Waals surface area contributed by atoms with Gasteiger partial charge in [0.15, 0.2) is 0 Å². The van der Waals surface area contributed by atoms with Gasteiger partial charge in [-0.05, 0) is 41.6 Å². The van der Waals surface area contributed by atoms with Crippen molar-refractivity contribution in [3.05, 3.63) is 31.9 Å². The van der Waals surface area contributed by atoms with Gasteiger partial charge in [0.1, 0.15) is 5.69 Å². The fourth-order valence-corrected chi connectivity index (χ4v) is 2.93. The van der Waals surface area contributed by atoms with Crippen molar-refractivity contribution < 1.29 is 10.0 Å². The molecule has 0 amide bonds. The largest absolute Gasteiger partial charge is 0.392 e. The summed E-state index contributed by atoms with van der Waals surface area (Å²) in [6.07, 6.45) is -0.339. The van der Waals surface area contributed by atoms with E-state index in [0.29, 0.717) is 12.2 Å². The van der Waals surface area contributed by atoms with Gasteiger partial charge in [0.05, 0.1) is 11.0 Å². The molecule has 1 aromatic carbocycles. The van der Waals surface area contributed by atoms with Crippen molar-refractivity contribution >= 4 is 34.0 Å². The zero-order chi connectivity index (χ0) is 14.7. The molecule has 1 heterocycles. The Morgan fingerprint density at radius 1 is 1.40 bits per heavy atom. The van der Waals surface area contributed by atoms with Crippen molar-refractivity contribution in [3.8, 4) is 0 Å². The molecule has 1 atom stereocenters. The number of hydrogen-bond acceptors (Lipinski definition) is 5. The molecule has 1 aliphatic heterocycles. The second-order valence-electron chi connectivity index (χ2n) is 5.03. The number of aliphatic hydroxyl groups is 1. The molecule has 1 fully saturated rings. The Balaban J connectivity index is 2.09. The van der Waals surface area contributed by atoms with E-state index in [0.717, 1.165) is 29.7 Å². The first-order chi connectivity index (χ1) is 9.47. The van der Waals surface area contributed by atoms with E-state index in [4.69, 9.17) is 0 Å². The minimum Gasteiger partial charge on any atom is -0.392 e. The number of nitrogens with zero attached hydrogens (tertiary/aromatic N) is 3. The molecule has 0 aliphatic carbocycles. The molecule has 2 rings (SSSR count). The number of nitro groups is 1. The van der Waals surface area contributed by atoms with Crippen LogP contribution in [-0.2, 0) is 0 Å². The van der Waals surface area contributed by atoms with Crippen LogP contribution in [0.1, 0.15) is 6.92 Å². The van der Waals surface area contributed by atoms with Crippen molar-refractivity contribution in [1.82, 2.24) is 4.90 Å². The SMILES string of the molecule is C[C@@H](O)CN1CCN(c2ccc(I)cc2[N+](=O)[O-])CC1.